The van der Waals surface area contributed by atoms with Crippen LogP contribution in [0.1, 0.15) is 32.3 Å². The molecular formula is C21H34N4O2. The summed E-state index contributed by atoms with van der Waals surface area (Å²) in [5.74, 6) is 1.55. The van der Waals surface area contributed by atoms with Crippen LogP contribution in [0.2, 0.25) is 0 Å². The van der Waals surface area contributed by atoms with Gasteiger partial charge in [-0.05, 0) is 44.7 Å². The molecule has 0 unspecified atom stereocenters. The van der Waals surface area contributed by atoms with Gasteiger partial charge in [0.1, 0.15) is 0 Å². The summed E-state index contributed by atoms with van der Waals surface area (Å²) in [5.41, 5.74) is 2.07. The van der Waals surface area contributed by atoms with Gasteiger partial charge in [0.15, 0.2) is 17.5 Å². The van der Waals surface area contributed by atoms with Crippen molar-refractivity contribution in [2.24, 2.45) is 4.99 Å². The second-order valence-corrected chi connectivity index (χ2v) is 7.13. The second-order valence-electron chi connectivity index (χ2n) is 7.13. The third kappa shape index (κ3) is 6.79. The minimum absolute atomic E-state index is 0.207. The van der Waals surface area contributed by atoms with Crippen LogP contribution in [-0.2, 0) is 6.42 Å². The molecule has 0 radical (unpaired) electrons. The van der Waals surface area contributed by atoms with E-state index in [4.69, 9.17) is 4.74 Å². The Labute approximate surface area is 163 Å². The normalized spacial score (nSPS) is 16.2. The number of likely N-dealkylation sites (tertiary alicyclic amines) is 1. The quantitative estimate of drug-likeness (QED) is 0.371. The van der Waals surface area contributed by atoms with Crippen molar-refractivity contribution < 1.29 is 9.84 Å². The molecule has 1 aliphatic heterocycles. The zero-order valence-electron chi connectivity index (χ0n) is 16.9. The van der Waals surface area contributed by atoms with E-state index >= 15 is 0 Å². The number of nitrogens with zero attached hydrogens (tertiary/aromatic N) is 2. The van der Waals surface area contributed by atoms with E-state index in [1.807, 2.05) is 12.1 Å². The zero-order chi connectivity index (χ0) is 19.6. The monoisotopic (exact) mass is 374 g/mol. The topological polar surface area (TPSA) is 69.1 Å². The van der Waals surface area contributed by atoms with Crippen molar-refractivity contribution in [2.45, 2.75) is 39.2 Å². The van der Waals surface area contributed by atoms with Crippen molar-refractivity contribution >= 4 is 5.96 Å². The summed E-state index contributed by atoms with van der Waals surface area (Å²) in [6, 6.07) is 5.99. The van der Waals surface area contributed by atoms with Crippen molar-refractivity contribution in [3.8, 4) is 11.5 Å². The van der Waals surface area contributed by atoms with Crippen molar-refractivity contribution in [1.82, 2.24) is 15.5 Å². The van der Waals surface area contributed by atoms with Crippen molar-refractivity contribution in [3.63, 3.8) is 0 Å². The lowest BCUT2D eigenvalue weighted by atomic mass is 10.0. The minimum atomic E-state index is 0.207. The summed E-state index contributed by atoms with van der Waals surface area (Å²) in [4.78, 5) is 7.14. The van der Waals surface area contributed by atoms with E-state index in [1.54, 1.807) is 13.2 Å². The third-order valence-electron chi connectivity index (χ3n) is 4.72. The minimum Gasteiger partial charge on any atom is -0.504 e. The van der Waals surface area contributed by atoms with Gasteiger partial charge in [-0.1, -0.05) is 24.3 Å². The molecule has 0 aliphatic carbocycles. The summed E-state index contributed by atoms with van der Waals surface area (Å²) >= 11 is 0. The summed E-state index contributed by atoms with van der Waals surface area (Å²) in [7, 11) is 1.56. The molecule has 1 aromatic rings. The number of guanidine groups is 1. The maximum Gasteiger partial charge on any atom is 0.191 e. The number of phenolic OH excluding ortho intramolecular Hbond substituents is 1. The first-order valence-electron chi connectivity index (χ1n) is 9.80. The molecular weight excluding hydrogens is 340 g/mol. The molecule has 1 saturated heterocycles. The standard InChI is InChI=1S/C21H34N4O2/c1-5-22-21(24-18-10-13-25(14-11-18)15-16(2)3)23-12-9-17-7-6-8-19(27-4)20(17)26/h6-8,18,26H,2,5,9-15H2,1,3-4H3,(H2,22,23,24). The number of hydrogen-bond donors (Lipinski definition) is 3. The number of aromatic hydroxyl groups is 1. The number of para-hydroxylation sites is 1. The van der Waals surface area contributed by atoms with E-state index in [-0.39, 0.29) is 5.75 Å². The number of phenols is 1. The highest BCUT2D eigenvalue weighted by Gasteiger charge is 2.19. The molecule has 0 atom stereocenters. The van der Waals surface area contributed by atoms with Gasteiger partial charge >= 0.3 is 0 Å². The highest BCUT2D eigenvalue weighted by Crippen LogP contribution is 2.29. The first kappa shape index (κ1) is 21.1. The van der Waals surface area contributed by atoms with Crippen LogP contribution in [0.25, 0.3) is 0 Å². The molecule has 6 heteroatoms. The Morgan fingerprint density at radius 1 is 1.37 bits per heavy atom. The lowest BCUT2D eigenvalue weighted by Gasteiger charge is -2.33. The molecule has 2 rings (SSSR count). The molecule has 1 aromatic carbocycles. The number of benzene rings is 1. The predicted octanol–water partition coefficient (Wildman–Crippen LogP) is 2.54. The van der Waals surface area contributed by atoms with Crippen LogP contribution in [0, 0.1) is 0 Å². The van der Waals surface area contributed by atoms with Crippen LogP contribution in [0.3, 0.4) is 0 Å². The molecule has 0 aromatic heterocycles. The van der Waals surface area contributed by atoms with Gasteiger partial charge < -0.3 is 20.5 Å². The van der Waals surface area contributed by atoms with Gasteiger partial charge in [0.05, 0.1) is 7.11 Å². The molecule has 0 bridgehead atoms. The van der Waals surface area contributed by atoms with Crippen LogP contribution in [0.4, 0.5) is 0 Å². The molecule has 27 heavy (non-hydrogen) atoms. The van der Waals surface area contributed by atoms with Crippen molar-refractivity contribution in [3.05, 3.63) is 35.9 Å². The van der Waals surface area contributed by atoms with E-state index in [2.05, 4.69) is 41.0 Å². The van der Waals surface area contributed by atoms with Crippen LogP contribution in [-0.4, -0.2) is 61.8 Å². The fourth-order valence-electron chi connectivity index (χ4n) is 3.35. The Bertz CT molecular complexity index is 637. The number of rotatable bonds is 8. The largest absolute Gasteiger partial charge is 0.504 e. The number of nitrogens with one attached hydrogen (secondary N) is 2. The van der Waals surface area contributed by atoms with E-state index in [0.717, 1.165) is 50.5 Å². The Morgan fingerprint density at radius 3 is 2.74 bits per heavy atom. The molecule has 0 amide bonds. The Hall–Kier alpha value is -2.21. The van der Waals surface area contributed by atoms with Crippen LogP contribution in [0.5, 0.6) is 11.5 Å². The lowest BCUT2D eigenvalue weighted by Crippen LogP contribution is -2.48. The molecule has 1 fully saturated rings. The van der Waals surface area contributed by atoms with Gasteiger partial charge in [-0.15, -0.1) is 0 Å². The van der Waals surface area contributed by atoms with Crippen LogP contribution >= 0.6 is 0 Å². The Balaban J connectivity index is 1.87. The van der Waals surface area contributed by atoms with Gasteiger partial charge in [0, 0.05) is 38.8 Å². The fraction of sp³-hybridized carbons (Fsp3) is 0.571. The van der Waals surface area contributed by atoms with Gasteiger partial charge in [-0.25, -0.2) is 0 Å². The van der Waals surface area contributed by atoms with E-state index in [1.165, 1.54) is 5.57 Å². The van der Waals surface area contributed by atoms with Crippen LogP contribution < -0.4 is 15.4 Å². The third-order valence-corrected chi connectivity index (χ3v) is 4.72. The molecule has 1 heterocycles. The molecule has 0 spiro atoms. The Kier molecular flexibility index (Phi) is 8.45. The van der Waals surface area contributed by atoms with Crippen molar-refractivity contribution in [1.29, 1.82) is 0 Å². The van der Waals surface area contributed by atoms with Gasteiger partial charge in [-0.2, -0.15) is 0 Å². The smallest absolute Gasteiger partial charge is 0.191 e. The maximum atomic E-state index is 10.2. The number of methoxy groups -OCH3 is 1. The van der Waals surface area contributed by atoms with Gasteiger partial charge in [-0.3, -0.25) is 9.89 Å². The molecule has 6 nitrogen and oxygen atoms in total. The number of piperidine rings is 1. The van der Waals surface area contributed by atoms with Crippen LogP contribution in [0.15, 0.2) is 35.3 Å². The zero-order valence-corrected chi connectivity index (χ0v) is 16.9. The summed E-state index contributed by atoms with van der Waals surface area (Å²) in [6.07, 6.45) is 2.87. The number of hydrogen-bond acceptors (Lipinski definition) is 4. The number of ether oxygens (including phenoxy) is 1. The maximum absolute atomic E-state index is 10.2. The molecule has 0 saturated carbocycles. The summed E-state index contributed by atoms with van der Waals surface area (Å²) < 4.78 is 5.16. The Morgan fingerprint density at radius 2 is 2.11 bits per heavy atom. The highest BCUT2D eigenvalue weighted by molar-refractivity contribution is 5.80. The highest BCUT2D eigenvalue weighted by atomic mass is 16.5. The fourth-order valence-corrected chi connectivity index (χ4v) is 3.35. The second kappa shape index (κ2) is 10.8. The first-order valence-corrected chi connectivity index (χ1v) is 9.80. The lowest BCUT2D eigenvalue weighted by molar-refractivity contribution is 0.221. The van der Waals surface area contributed by atoms with Gasteiger partial charge in [0.25, 0.3) is 0 Å². The summed E-state index contributed by atoms with van der Waals surface area (Å²) in [5, 5.41) is 17.1. The molecule has 150 valence electrons. The van der Waals surface area contributed by atoms with E-state index in [0.29, 0.717) is 24.8 Å². The SMILES string of the molecule is C=C(C)CN1CCC(NC(=NCCc2cccc(OC)c2O)NCC)CC1. The average molecular weight is 375 g/mol. The first-order chi connectivity index (χ1) is 13.0. The predicted molar refractivity (Wildman–Crippen MR) is 112 cm³/mol. The molecule has 3 N–H and O–H groups in total. The molecule has 1 aliphatic rings. The van der Waals surface area contributed by atoms with Crippen molar-refractivity contribution in [2.75, 3.05) is 39.8 Å². The summed E-state index contributed by atoms with van der Waals surface area (Å²) in [6.45, 7) is 12.7. The van der Waals surface area contributed by atoms with Gasteiger partial charge in [0.2, 0.25) is 0 Å². The number of aliphatic imine (C=N–C) groups is 1. The average Bonchev–Trinajstić information content (AvgIpc) is 2.64. The van der Waals surface area contributed by atoms with E-state index in [9.17, 15) is 5.11 Å². The van der Waals surface area contributed by atoms with E-state index < -0.39 is 0 Å².